The molecule has 0 saturated carbocycles. The normalized spacial score (nSPS) is 14.0. The lowest BCUT2D eigenvalue weighted by atomic mass is 9.94. The van der Waals surface area contributed by atoms with Crippen LogP contribution < -0.4 is 10.6 Å². The maximum Gasteiger partial charge on any atom is 0.224 e. The first-order chi connectivity index (χ1) is 20.5. The highest BCUT2D eigenvalue weighted by molar-refractivity contribution is 5.96. The van der Waals surface area contributed by atoms with Crippen LogP contribution in [0.1, 0.15) is 24.8 Å². The number of aromatic amines is 2. The number of piperidine rings is 1. The molecule has 1 amide bonds. The molecule has 2 aromatic carbocycles. The molecule has 0 bridgehead atoms. The molecule has 0 spiro atoms. The smallest absolute Gasteiger partial charge is 0.224 e. The van der Waals surface area contributed by atoms with Crippen molar-refractivity contribution in [3.63, 3.8) is 0 Å². The van der Waals surface area contributed by atoms with Gasteiger partial charge in [0, 0.05) is 23.7 Å². The van der Waals surface area contributed by atoms with Crippen molar-refractivity contribution in [3.05, 3.63) is 78.4 Å². The number of carbonyl (C=O) groups excluding carboxylic acids is 1. The van der Waals surface area contributed by atoms with Gasteiger partial charge in [0.15, 0.2) is 11.5 Å². The summed E-state index contributed by atoms with van der Waals surface area (Å²) in [5.74, 6) is 0.670. The third-order valence-electron chi connectivity index (χ3n) is 7.75. The number of hydrogen-bond donors (Lipinski definition) is 4. The highest BCUT2D eigenvalue weighted by Gasteiger charge is 2.19. The van der Waals surface area contributed by atoms with Crippen LogP contribution in [0, 0.1) is 18.7 Å². The molecule has 1 fully saturated rings. The molecule has 0 radical (unpaired) electrons. The van der Waals surface area contributed by atoms with Gasteiger partial charge in [-0.25, -0.2) is 14.4 Å². The molecule has 10 heteroatoms. The lowest BCUT2D eigenvalue weighted by Crippen LogP contribution is -2.30. The quantitative estimate of drug-likeness (QED) is 0.198. The molecule has 0 unspecified atom stereocenters. The number of aryl methyl sites for hydroxylation is 1. The van der Waals surface area contributed by atoms with Gasteiger partial charge in [0.1, 0.15) is 11.3 Å². The van der Waals surface area contributed by atoms with E-state index in [4.69, 9.17) is 9.97 Å². The topological polar surface area (TPSA) is 124 Å². The number of imidazole rings is 1. The van der Waals surface area contributed by atoms with Gasteiger partial charge in [-0.15, -0.1) is 0 Å². The summed E-state index contributed by atoms with van der Waals surface area (Å²) in [5.41, 5.74) is 8.06. The number of benzene rings is 2. The van der Waals surface area contributed by atoms with Crippen LogP contribution in [0.2, 0.25) is 0 Å². The Balaban J connectivity index is 1.20. The van der Waals surface area contributed by atoms with E-state index in [0.29, 0.717) is 40.8 Å². The zero-order valence-electron chi connectivity index (χ0n) is 23.0. The number of pyridine rings is 2. The summed E-state index contributed by atoms with van der Waals surface area (Å²) in [6, 6.07) is 16.5. The first-order valence-electron chi connectivity index (χ1n) is 14.1. The number of hydrogen-bond acceptors (Lipinski definition) is 6. The fourth-order valence-corrected chi connectivity index (χ4v) is 5.70. The molecular formula is C32H29FN8O. The number of nitrogens with zero attached hydrogens (tertiary/aromatic N) is 4. The number of H-pyrrole nitrogens is 2. The Bertz CT molecular complexity index is 1920. The number of halogens is 1. The van der Waals surface area contributed by atoms with Crippen LogP contribution in [0.5, 0.6) is 0 Å². The van der Waals surface area contributed by atoms with Gasteiger partial charge in [-0.1, -0.05) is 18.2 Å². The zero-order valence-corrected chi connectivity index (χ0v) is 23.0. The average molecular weight is 561 g/mol. The maximum absolute atomic E-state index is 14.2. The molecule has 6 aromatic rings. The van der Waals surface area contributed by atoms with Gasteiger partial charge in [0.25, 0.3) is 0 Å². The fourth-order valence-electron chi connectivity index (χ4n) is 5.70. The molecule has 1 aliphatic heterocycles. The Labute approximate surface area is 241 Å². The summed E-state index contributed by atoms with van der Waals surface area (Å²) in [5, 5.41) is 13.9. The molecule has 210 valence electrons. The van der Waals surface area contributed by atoms with Crippen molar-refractivity contribution in [2.75, 3.05) is 18.4 Å². The van der Waals surface area contributed by atoms with Gasteiger partial charge in [-0.05, 0) is 86.3 Å². The second kappa shape index (κ2) is 10.8. The van der Waals surface area contributed by atoms with Gasteiger partial charge in [0.2, 0.25) is 5.91 Å². The van der Waals surface area contributed by atoms with E-state index in [2.05, 4.69) is 30.8 Å². The van der Waals surface area contributed by atoms with E-state index in [1.54, 1.807) is 12.4 Å². The van der Waals surface area contributed by atoms with E-state index in [9.17, 15) is 9.18 Å². The highest BCUT2D eigenvalue weighted by Crippen LogP contribution is 2.33. The van der Waals surface area contributed by atoms with Crippen LogP contribution in [0.3, 0.4) is 0 Å². The predicted molar refractivity (Wildman–Crippen MR) is 161 cm³/mol. The Morgan fingerprint density at radius 3 is 2.71 bits per heavy atom. The lowest BCUT2D eigenvalue weighted by Gasteiger charge is -2.21. The van der Waals surface area contributed by atoms with Crippen LogP contribution in [-0.4, -0.2) is 49.1 Å². The monoisotopic (exact) mass is 560 g/mol. The molecule has 42 heavy (non-hydrogen) atoms. The molecule has 7 rings (SSSR count). The third kappa shape index (κ3) is 5.12. The second-order valence-corrected chi connectivity index (χ2v) is 10.9. The summed E-state index contributed by atoms with van der Waals surface area (Å²) < 4.78 is 14.2. The Kier molecular flexibility index (Phi) is 6.67. The van der Waals surface area contributed by atoms with E-state index in [0.717, 1.165) is 64.7 Å². The summed E-state index contributed by atoms with van der Waals surface area (Å²) in [4.78, 5) is 30.2. The first kappa shape index (κ1) is 26.0. The second-order valence-electron chi connectivity index (χ2n) is 10.9. The van der Waals surface area contributed by atoms with Gasteiger partial charge >= 0.3 is 0 Å². The predicted octanol–water partition coefficient (Wildman–Crippen LogP) is 6.01. The molecule has 4 N–H and O–H groups in total. The minimum absolute atomic E-state index is 0.000890. The summed E-state index contributed by atoms with van der Waals surface area (Å²) >= 11 is 0. The number of carbonyl (C=O) groups is 1. The first-order valence-corrected chi connectivity index (χ1v) is 14.1. The molecule has 4 aromatic heterocycles. The lowest BCUT2D eigenvalue weighted by molar-refractivity contribution is -0.117. The fraction of sp³-hybridized carbons (Fsp3) is 0.219. The molecule has 1 saturated heterocycles. The standard InChI is InChI=1S/C32H29FN8O/c1-18-11-20(14-22(33)12-18)24-3-2-4-26-29(24)39-32(38-26)31-30-27(40-41-31)6-5-25(37-30)21-15-23(17-35-16-21)36-28(42)13-19-7-9-34-10-8-19/h2-6,11-12,14-17,19,34H,7-10,13H2,1H3,(H,36,42)(H,38,39)(H,40,41). The Hall–Kier alpha value is -4.96. The van der Waals surface area contributed by atoms with Gasteiger partial charge in [-0.2, -0.15) is 5.10 Å². The number of aromatic nitrogens is 6. The molecule has 0 aliphatic carbocycles. The number of amides is 1. The van der Waals surface area contributed by atoms with Gasteiger partial charge in [0.05, 0.1) is 34.1 Å². The maximum atomic E-state index is 14.2. The van der Waals surface area contributed by atoms with Crippen molar-refractivity contribution in [3.8, 4) is 33.9 Å². The van der Waals surface area contributed by atoms with Gasteiger partial charge in [-0.3, -0.25) is 14.9 Å². The van der Waals surface area contributed by atoms with Crippen molar-refractivity contribution >= 4 is 33.7 Å². The SMILES string of the molecule is Cc1cc(F)cc(-c2cccc3[nH]c(-c4n[nH]c5ccc(-c6cncc(NC(=O)CC7CCNCC7)c6)nc45)nc23)c1. The van der Waals surface area contributed by atoms with Crippen LogP contribution in [0.4, 0.5) is 10.1 Å². The van der Waals surface area contributed by atoms with Crippen molar-refractivity contribution in [2.24, 2.45) is 5.92 Å². The largest absolute Gasteiger partial charge is 0.336 e. The van der Waals surface area contributed by atoms with E-state index < -0.39 is 0 Å². The number of anilines is 1. The van der Waals surface area contributed by atoms with E-state index in [1.807, 2.05) is 49.4 Å². The van der Waals surface area contributed by atoms with Crippen LogP contribution in [0.25, 0.3) is 56.0 Å². The number of nitrogens with one attached hydrogen (secondary N) is 4. The van der Waals surface area contributed by atoms with Crippen molar-refractivity contribution in [2.45, 2.75) is 26.2 Å². The number of para-hydroxylation sites is 1. The van der Waals surface area contributed by atoms with Crippen LogP contribution in [-0.2, 0) is 4.79 Å². The minimum atomic E-state index is -0.285. The number of rotatable bonds is 6. The highest BCUT2D eigenvalue weighted by atomic mass is 19.1. The van der Waals surface area contributed by atoms with E-state index in [1.165, 1.54) is 12.1 Å². The summed E-state index contributed by atoms with van der Waals surface area (Å²) in [7, 11) is 0. The van der Waals surface area contributed by atoms with Crippen molar-refractivity contribution in [1.82, 2.24) is 35.5 Å². The Morgan fingerprint density at radius 1 is 0.976 bits per heavy atom. The summed E-state index contributed by atoms with van der Waals surface area (Å²) in [6.45, 7) is 3.79. The minimum Gasteiger partial charge on any atom is -0.336 e. The molecule has 5 heterocycles. The van der Waals surface area contributed by atoms with E-state index in [-0.39, 0.29) is 11.7 Å². The Morgan fingerprint density at radius 2 is 1.86 bits per heavy atom. The molecule has 0 atom stereocenters. The van der Waals surface area contributed by atoms with E-state index >= 15 is 0 Å². The summed E-state index contributed by atoms with van der Waals surface area (Å²) in [6.07, 6.45) is 5.91. The number of fused-ring (bicyclic) bond motifs is 2. The van der Waals surface area contributed by atoms with Crippen molar-refractivity contribution in [1.29, 1.82) is 0 Å². The average Bonchev–Trinajstić information content (AvgIpc) is 3.61. The molecule has 9 nitrogen and oxygen atoms in total. The molecule has 1 aliphatic rings. The molecular weight excluding hydrogens is 531 g/mol. The van der Waals surface area contributed by atoms with Crippen LogP contribution >= 0.6 is 0 Å². The van der Waals surface area contributed by atoms with Gasteiger partial charge < -0.3 is 15.6 Å². The van der Waals surface area contributed by atoms with Crippen LogP contribution in [0.15, 0.2) is 67.0 Å². The zero-order chi connectivity index (χ0) is 28.6. The van der Waals surface area contributed by atoms with Crippen molar-refractivity contribution < 1.29 is 9.18 Å². The third-order valence-corrected chi connectivity index (χ3v) is 7.75.